The van der Waals surface area contributed by atoms with Crippen molar-refractivity contribution in [3.8, 4) is 5.75 Å². The van der Waals surface area contributed by atoms with Crippen LogP contribution in [0.1, 0.15) is 25.8 Å². The molecule has 18 heavy (non-hydrogen) atoms. The normalized spacial score (nSPS) is 25.8. The van der Waals surface area contributed by atoms with Gasteiger partial charge in [-0.05, 0) is 24.6 Å². The molecule has 1 fully saturated rings. The predicted molar refractivity (Wildman–Crippen MR) is 75.6 cm³/mol. The van der Waals surface area contributed by atoms with Crippen LogP contribution in [-0.4, -0.2) is 24.4 Å². The van der Waals surface area contributed by atoms with Crippen LogP contribution >= 0.6 is 15.9 Å². The summed E-state index contributed by atoms with van der Waals surface area (Å²) in [7, 11) is 1.77. The molecule has 1 saturated carbocycles. The van der Waals surface area contributed by atoms with Gasteiger partial charge >= 0.3 is 0 Å². The fourth-order valence-corrected chi connectivity index (χ4v) is 2.97. The molecule has 0 bridgehead atoms. The van der Waals surface area contributed by atoms with Gasteiger partial charge in [-0.25, -0.2) is 0 Å². The minimum absolute atomic E-state index is 0.149. The van der Waals surface area contributed by atoms with Crippen LogP contribution in [0.3, 0.4) is 0 Å². The maximum absolute atomic E-state index is 9.78. The van der Waals surface area contributed by atoms with Crippen molar-refractivity contribution in [2.45, 2.75) is 39.0 Å². The molecule has 0 saturated heterocycles. The minimum Gasteiger partial charge on any atom is -0.508 e. The molecule has 2 N–H and O–H groups in total. The number of ether oxygens (including phenoxy) is 1. The number of hydrogen-bond donors (Lipinski definition) is 2. The molecule has 100 valence electrons. The molecule has 0 spiro atoms. The van der Waals surface area contributed by atoms with Gasteiger partial charge in [-0.15, -0.1) is 0 Å². The van der Waals surface area contributed by atoms with Crippen LogP contribution in [0.15, 0.2) is 22.7 Å². The van der Waals surface area contributed by atoms with E-state index < -0.39 is 0 Å². The lowest BCUT2D eigenvalue weighted by atomic mass is 9.64. The van der Waals surface area contributed by atoms with Crippen LogP contribution in [0.4, 0.5) is 0 Å². The van der Waals surface area contributed by atoms with Gasteiger partial charge in [0.2, 0.25) is 0 Å². The van der Waals surface area contributed by atoms with E-state index in [1.165, 1.54) is 0 Å². The lowest BCUT2D eigenvalue weighted by Gasteiger charge is -2.51. The van der Waals surface area contributed by atoms with E-state index in [4.69, 9.17) is 4.74 Å². The molecule has 0 aromatic heterocycles. The number of nitrogens with one attached hydrogen (secondary N) is 1. The fraction of sp³-hybridized carbons (Fsp3) is 0.571. The third-order valence-corrected chi connectivity index (χ3v) is 4.54. The Morgan fingerprint density at radius 3 is 2.83 bits per heavy atom. The summed E-state index contributed by atoms with van der Waals surface area (Å²) in [6.07, 6.45) is 1.35. The third-order valence-electron chi connectivity index (χ3n) is 4.04. The maximum atomic E-state index is 9.78. The summed E-state index contributed by atoms with van der Waals surface area (Å²) in [5.41, 5.74) is 1.07. The van der Waals surface area contributed by atoms with Gasteiger partial charge in [0, 0.05) is 35.1 Å². The second-order valence-corrected chi connectivity index (χ2v) is 6.40. The Kier molecular flexibility index (Phi) is 3.99. The number of phenols is 1. The van der Waals surface area contributed by atoms with E-state index in [0.717, 1.165) is 16.5 Å². The summed E-state index contributed by atoms with van der Waals surface area (Å²) in [5.74, 6) is 0.339. The molecule has 4 heteroatoms. The lowest BCUT2D eigenvalue weighted by Crippen LogP contribution is -2.60. The average Bonchev–Trinajstić information content (AvgIpc) is 2.32. The second-order valence-electron chi connectivity index (χ2n) is 5.49. The Labute approximate surface area is 117 Å². The monoisotopic (exact) mass is 313 g/mol. The number of aromatic hydroxyl groups is 1. The number of benzene rings is 1. The Hall–Kier alpha value is -0.580. The summed E-state index contributed by atoms with van der Waals surface area (Å²) < 4.78 is 6.42. The Morgan fingerprint density at radius 1 is 1.50 bits per heavy atom. The van der Waals surface area contributed by atoms with Crippen molar-refractivity contribution >= 4 is 15.9 Å². The molecule has 0 heterocycles. The number of methoxy groups -OCH3 is 1. The maximum Gasteiger partial charge on any atom is 0.120 e. The highest BCUT2D eigenvalue weighted by molar-refractivity contribution is 9.10. The summed E-state index contributed by atoms with van der Waals surface area (Å²) in [5, 5.41) is 13.3. The molecule has 1 aliphatic carbocycles. The van der Waals surface area contributed by atoms with Gasteiger partial charge < -0.3 is 15.2 Å². The third kappa shape index (κ3) is 2.56. The largest absolute Gasteiger partial charge is 0.508 e. The first kappa shape index (κ1) is 13.8. The van der Waals surface area contributed by atoms with E-state index >= 15 is 0 Å². The topological polar surface area (TPSA) is 41.5 Å². The number of phenolic OH excluding ortho intramolecular Hbond substituents is 1. The molecule has 2 unspecified atom stereocenters. The van der Waals surface area contributed by atoms with E-state index in [9.17, 15) is 5.11 Å². The van der Waals surface area contributed by atoms with Gasteiger partial charge in [0.05, 0.1) is 6.10 Å². The zero-order chi connectivity index (χ0) is 13.3. The van der Waals surface area contributed by atoms with E-state index in [1.807, 2.05) is 12.1 Å². The van der Waals surface area contributed by atoms with Crippen LogP contribution in [0.25, 0.3) is 0 Å². The van der Waals surface area contributed by atoms with Crippen molar-refractivity contribution in [2.24, 2.45) is 5.41 Å². The van der Waals surface area contributed by atoms with Crippen LogP contribution < -0.4 is 5.32 Å². The first-order valence-electron chi connectivity index (χ1n) is 6.18. The van der Waals surface area contributed by atoms with Gasteiger partial charge in [0.25, 0.3) is 0 Å². The Bertz CT molecular complexity index is 434. The highest BCUT2D eigenvalue weighted by atomic mass is 79.9. The van der Waals surface area contributed by atoms with Gasteiger partial charge in [0.15, 0.2) is 0 Å². The van der Waals surface area contributed by atoms with E-state index in [0.29, 0.717) is 24.4 Å². The molecule has 1 aliphatic rings. The summed E-state index contributed by atoms with van der Waals surface area (Å²) in [6.45, 7) is 5.10. The first-order chi connectivity index (χ1) is 8.45. The zero-order valence-corrected chi connectivity index (χ0v) is 12.6. The van der Waals surface area contributed by atoms with Gasteiger partial charge in [0.1, 0.15) is 5.75 Å². The zero-order valence-electron chi connectivity index (χ0n) is 11.0. The van der Waals surface area contributed by atoms with Gasteiger partial charge in [-0.1, -0.05) is 29.8 Å². The average molecular weight is 314 g/mol. The van der Waals surface area contributed by atoms with E-state index in [2.05, 4.69) is 35.1 Å². The number of halogens is 1. The molecular weight excluding hydrogens is 294 g/mol. The van der Waals surface area contributed by atoms with Crippen molar-refractivity contribution in [1.82, 2.24) is 5.32 Å². The van der Waals surface area contributed by atoms with Gasteiger partial charge in [-0.2, -0.15) is 0 Å². The van der Waals surface area contributed by atoms with Crippen molar-refractivity contribution < 1.29 is 9.84 Å². The molecule has 2 rings (SSSR count). The smallest absolute Gasteiger partial charge is 0.120 e. The molecule has 3 nitrogen and oxygen atoms in total. The first-order valence-corrected chi connectivity index (χ1v) is 6.98. The number of hydrogen-bond acceptors (Lipinski definition) is 3. The minimum atomic E-state index is 0.149. The summed E-state index contributed by atoms with van der Waals surface area (Å²) >= 11 is 3.42. The molecular formula is C14H20BrNO2. The van der Waals surface area contributed by atoms with E-state index in [1.54, 1.807) is 13.2 Å². The molecule has 0 radical (unpaired) electrons. The highest BCUT2D eigenvalue weighted by Gasteiger charge is 2.48. The van der Waals surface area contributed by atoms with Crippen LogP contribution in [0.5, 0.6) is 5.75 Å². The standard InChI is InChI=1S/C14H20BrNO2/c1-14(2)12(7-13(14)18-3)16-8-9-6-10(15)4-5-11(9)17/h4-6,12-13,16-17H,7-8H2,1-3H3. The molecule has 1 aromatic carbocycles. The van der Waals surface area contributed by atoms with Crippen LogP contribution in [0, 0.1) is 5.41 Å². The van der Waals surface area contributed by atoms with Crippen molar-refractivity contribution in [3.63, 3.8) is 0 Å². The van der Waals surface area contributed by atoms with Crippen LogP contribution in [0.2, 0.25) is 0 Å². The SMILES string of the molecule is COC1CC(NCc2cc(Br)ccc2O)C1(C)C. The lowest BCUT2D eigenvalue weighted by molar-refractivity contribution is -0.0979. The molecule has 1 aromatic rings. The highest BCUT2D eigenvalue weighted by Crippen LogP contribution is 2.42. The molecule has 2 atom stereocenters. The second kappa shape index (κ2) is 5.19. The van der Waals surface area contributed by atoms with Crippen molar-refractivity contribution in [2.75, 3.05) is 7.11 Å². The Balaban J connectivity index is 1.95. The van der Waals surface area contributed by atoms with E-state index in [-0.39, 0.29) is 5.41 Å². The quantitative estimate of drug-likeness (QED) is 0.897. The molecule has 0 amide bonds. The van der Waals surface area contributed by atoms with Crippen LogP contribution in [-0.2, 0) is 11.3 Å². The fourth-order valence-electron chi connectivity index (χ4n) is 2.56. The predicted octanol–water partition coefficient (Wildman–Crippen LogP) is 3.06. The Morgan fingerprint density at radius 2 is 2.22 bits per heavy atom. The summed E-state index contributed by atoms with van der Waals surface area (Å²) in [4.78, 5) is 0. The summed E-state index contributed by atoms with van der Waals surface area (Å²) in [6, 6.07) is 5.93. The van der Waals surface area contributed by atoms with Gasteiger partial charge in [-0.3, -0.25) is 0 Å². The van der Waals surface area contributed by atoms with Crippen molar-refractivity contribution in [1.29, 1.82) is 0 Å². The number of rotatable bonds is 4. The van der Waals surface area contributed by atoms with Crippen molar-refractivity contribution in [3.05, 3.63) is 28.2 Å². The molecule has 0 aliphatic heterocycles.